The van der Waals surface area contributed by atoms with Gasteiger partial charge in [-0.3, -0.25) is 4.79 Å². The molecular formula is C12H18O2. The second-order valence-corrected chi connectivity index (χ2v) is 5.55. The van der Waals surface area contributed by atoms with Crippen molar-refractivity contribution in [3.8, 4) is 0 Å². The maximum absolute atomic E-state index is 11.2. The molecule has 1 unspecified atom stereocenters. The number of hydrogen-bond donors (Lipinski definition) is 0. The van der Waals surface area contributed by atoms with Crippen molar-refractivity contribution < 1.29 is 9.53 Å². The smallest absolute Gasteiger partial charge is 0.306 e. The van der Waals surface area contributed by atoms with E-state index in [1.165, 1.54) is 5.57 Å². The quantitative estimate of drug-likeness (QED) is 0.438. The van der Waals surface area contributed by atoms with Crippen LogP contribution in [-0.4, -0.2) is 11.6 Å². The van der Waals surface area contributed by atoms with E-state index >= 15 is 0 Å². The lowest BCUT2D eigenvalue weighted by molar-refractivity contribution is -0.147. The minimum Gasteiger partial charge on any atom is -0.455 e. The summed E-state index contributed by atoms with van der Waals surface area (Å²) in [5.41, 5.74) is 1.36. The summed E-state index contributed by atoms with van der Waals surface area (Å²) in [7, 11) is 0. The monoisotopic (exact) mass is 194 g/mol. The molecule has 1 spiro atoms. The molecule has 0 bridgehead atoms. The molecule has 14 heavy (non-hydrogen) atoms. The lowest BCUT2D eigenvalue weighted by Gasteiger charge is -2.39. The summed E-state index contributed by atoms with van der Waals surface area (Å²) in [4.78, 5) is 11.2. The van der Waals surface area contributed by atoms with Crippen molar-refractivity contribution in [3.63, 3.8) is 0 Å². The summed E-state index contributed by atoms with van der Waals surface area (Å²) in [6.07, 6.45) is 5.71. The third-order valence-corrected chi connectivity index (χ3v) is 3.11. The second kappa shape index (κ2) is 2.85. The Morgan fingerprint density at radius 1 is 1.43 bits per heavy atom. The van der Waals surface area contributed by atoms with Crippen LogP contribution in [0.15, 0.2) is 11.6 Å². The minimum atomic E-state index is -0.261. The molecule has 1 fully saturated rings. The van der Waals surface area contributed by atoms with Gasteiger partial charge in [0.1, 0.15) is 5.60 Å². The van der Waals surface area contributed by atoms with Gasteiger partial charge in [0.2, 0.25) is 0 Å². The number of allylic oxidation sites excluding steroid dienone is 1. The predicted molar refractivity (Wildman–Crippen MR) is 54.8 cm³/mol. The van der Waals surface area contributed by atoms with Crippen molar-refractivity contribution in [2.75, 3.05) is 0 Å². The zero-order valence-corrected chi connectivity index (χ0v) is 9.22. The topological polar surface area (TPSA) is 26.3 Å². The average Bonchev–Trinajstić information content (AvgIpc) is 2.26. The Labute approximate surface area is 85.3 Å². The molecular weight excluding hydrogens is 176 g/mol. The molecule has 1 saturated heterocycles. The molecule has 1 aliphatic carbocycles. The van der Waals surface area contributed by atoms with Gasteiger partial charge >= 0.3 is 5.97 Å². The van der Waals surface area contributed by atoms with E-state index in [1.54, 1.807) is 0 Å². The van der Waals surface area contributed by atoms with Crippen LogP contribution in [0.1, 0.15) is 46.5 Å². The van der Waals surface area contributed by atoms with Crippen LogP contribution in [0.3, 0.4) is 0 Å². The Hall–Kier alpha value is -0.790. The molecule has 2 aliphatic rings. The summed E-state index contributed by atoms with van der Waals surface area (Å²) in [5.74, 6) is -0.0354. The SMILES string of the molecule is CC1=CC2(CCC(=O)O2)CC(C)(C)C1. The van der Waals surface area contributed by atoms with Gasteiger partial charge in [0.25, 0.3) is 0 Å². The standard InChI is InChI=1S/C12H18O2/c1-9-6-11(2,3)8-12(7-9)5-4-10(13)14-12/h7H,4-6,8H2,1-3H3. The first-order chi connectivity index (χ1) is 6.41. The van der Waals surface area contributed by atoms with E-state index in [9.17, 15) is 4.79 Å². The van der Waals surface area contributed by atoms with Crippen molar-refractivity contribution in [2.45, 2.75) is 52.1 Å². The summed E-state index contributed by atoms with van der Waals surface area (Å²) in [6, 6.07) is 0. The molecule has 0 radical (unpaired) electrons. The Morgan fingerprint density at radius 2 is 2.14 bits per heavy atom. The lowest BCUT2D eigenvalue weighted by Crippen LogP contribution is -2.36. The maximum Gasteiger partial charge on any atom is 0.306 e. The molecule has 0 saturated carbocycles. The van der Waals surface area contributed by atoms with Crippen LogP contribution >= 0.6 is 0 Å². The summed E-state index contributed by atoms with van der Waals surface area (Å²) in [6.45, 7) is 6.63. The van der Waals surface area contributed by atoms with Gasteiger partial charge in [0.05, 0.1) is 0 Å². The zero-order chi connectivity index (χ0) is 10.4. The highest BCUT2D eigenvalue weighted by Gasteiger charge is 2.45. The van der Waals surface area contributed by atoms with Crippen molar-refractivity contribution in [2.24, 2.45) is 5.41 Å². The van der Waals surface area contributed by atoms with E-state index < -0.39 is 0 Å². The van der Waals surface area contributed by atoms with E-state index in [0.717, 1.165) is 19.3 Å². The summed E-state index contributed by atoms with van der Waals surface area (Å²) >= 11 is 0. The largest absolute Gasteiger partial charge is 0.455 e. The van der Waals surface area contributed by atoms with Gasteiger partial charge in [-0.2, -0.15) is 0 Å². The van der Waals surface area contributed by atoms with Crippen LogP contribution in [0.25, 0.3) is 0 Å². The van der Waals surface area contributed by atoms with Crippen molar-refractivity contribution >= 4 is 5.97 Å². The predicted octanol–water partition coefficient (Wildman–Crippen LogP) is 2.83. The van der Waals surface area contributed by atoms with Crippen molar-refractivity contribution in [3.05, 3.63) is 11.6 Å². The molecule has 78 valence electrons. The van der Waals surface area contributed by atoms with Gasteiger partial charge in [-0.15, -0.1) is 0 Å². The van der Waals surface area contributed by atoms with Gasteiger partial charge < -0.3 is 4.74 Å². The summed E-state index contributed by atoms with van der Waals surface area (Å²) in [5, 5.41) is 0. The van der Waals surface area contributed by atoms with Gasteiger partial charge in [-0.05, 0) is 31.3 Å². The van der Waals surface area contributed by atoms with Crippen LogP contribution in [0.4, 0.5) is 0 Å². The number of carbonyl (C=O) groups is 1. The molecule has 2 heteroatoms. The molecule has 1 atom stereocenters. The maximum atomic E-state index is 11.2. The normalized spacial score (nSPS) is 35.6. The Bertz CT molecular complexity index is 301. The van der Waals surface area contributed by atoms with Crippen molar-refractivity contribution in [1.82, 2.24) is 0 Å². The van der Waals surface area contributed by atoms with Crippen LogP contribution < -0.4 is 0 Å². The minimum absolute atomic E-state index is 0.0354. The van der Waals surface area contributed by atoms with Crippen LogP contribution in [-0.2, 0) is 9.53 Å². The number of carbonyl (C=O) groups excluding carboxylic acids is 1. The Kier molecular flexibility index (Phi) is 1.98. The Balaban J connectivity index is 2.28. The number of ether oxygens (including phenoxy) is 1. The fraction of sp³-hybridized carbons (Fsp3) is 0.750. The van der Waals surface area contributed by atoms with Crippen LogP contribution in [0.2, 0.25) is 0 Å². The number of hydrogen-bond acceptors (Lipinski definition) is 2. The number of rotatable bonds is 0. The fourth-order valence-electron chi connectivity index (χ4n) is 3.05. The third-order valence-electron chi connectivity index (χ3n) is 3.11. The molecule has 0 aromatic heterocycles. The molecule has 0 amide bonds. The molecule has 1 heterocycles. The van der Waals surface area contributed by atoms with Crippen LogP contribution in [0.5, 0.6) is 0 Å². The average molecular weight is 194 g/mol. The third kappa shape index (κ3) is 1.70. The van der Waals surface area contributed by atoms with Gasteiger partial charge in [-0.1, -0.05) is 19.4 Å². The molecule has 1 aliphatic heterocycles. The van der Waals surface area contributed by atoms with E-state index in [0.29, 0.717) is 6.42 Å². The Morgan fingerprint density at radius 3 is 2.64 bits per heavy atom. The van der Waals surface area contributed by atoms with Gasteiger partial charge in [0.15, 0.2) is 0 Å². The first-order valence-electron chi connectivity index (χ1n) is 5.31. The van der Waals surface area contributed by atoms with E-state index in [2.05, 4.69) is 26.8 Å². The molecule has 2 nitrogen and oxygen atoms in total. The van der Waals surface area contributed by atoms with Gasteiger partial charge in [0, 0.05) is 12.8 Å². The molecule has 0 N–H and O–H groups in total. The van der Waals surface area contributed by atoms with E-state index in [4.69, 9.17) is 4.74 Å². The lowest BCUT2D eigenvalue weighted by atomic mass is 9.70. The number of esters is 1. The second-order valence-electron chi connectivity index (χ2n) is 5.55. The van der Waals surface area contributed by atoms with Crippen LogP contribution in [0, 0.1) is 5.41 Å². The highest BCUT2D eigenvalue weighted by Crippen LogP contribution is 2.46. The molecule has 2 rings (SSSR count). The zero-order valence-electron chi connectivity index (χ0n) is 9.22. The molecule has 0 aromatic rings. The van der Waals surface area contributed by atoms with Gasteiger partial charge in [-0.25, -0.2) is 0 Å². The van der Waals surface area contributed by atoms with E-state index in [-0.39, 0.29) is 17.0 Å². The van der Waals surface area contributed by atoms with E-state index in [1.807, 2.05) is 0 Å². The summed E-state index contributed by atoms with van der Waals surface area (Å²) < 4.78 is 5.48. The fourth-order valence-corrected chi connectivity index (χ4v) is 3.05. The highest BCUT2D eigenvalue weighted by molar-refractivity contribution is 5.72. The molecule has 0 aromatic carbocycles. The van der Waals surface area contributed by atoms with Crippen molar-refractivity contribution in [1.29, 1.82) is 0 Å². The highest BCUT2D eigenvalue weighted by atomic mass is 16.6. The first-order valence-corrected chi connectivity index (χ1v) is 5.31. The first kappa shape index (κ1) is 9.75.